The van der Waals surface area contributed by atoms with Gasteiger partial charge in [-0.05, 0) is 56.0 Å². The first-order chi connectivity index (χ1) is 15.9. The summed E-state index contributed by atoms with van der Waals surface area (Å²) in [5, 5.41) is 43.5. The van der Waals surface area contributed by atoms with Gasteiger partial charge in [-0.15, -0.1) is 0 Å². The first-order valence-electron chi connectivity index (χ1n) is 11.1. The molecule has 1 aromatic carbocycles. The van der Waals surface area contributed by atoms with Gasteiger partial charge >= 0.3 is 0 Å². The lowest BCUT2D eigenvalue weighted by Gasteiger charge is -2.45. The van der Waals surface area contributed by atoms with E-state index < -0.39 is 52.0 Å². The van der Waals surface area contributed by atoms with Gasteiger partial charge in [0.2, 0.25) is 5.78 Å². The van der Waals surface area contributed by atoms with Crippen LogP contribution in [-0.2, 0) is 22.6 Å². The number of amides is 1. The highest BCUT2D eigenvalue weighted by Crippen LogP contribution is 2.52. The van der Waals surface area contributed by atoms with E-state index in [1.165, 1.54) is 6.07 Å². The fourth-order valence-corrected chi connectivity index (χ4v) is 5.87. The molecule has 10 heteroatoms. The molecule has 3 aliphatic carbocycles. The van der Waals surface area contributed by atoms with Gasteiger partial charge in [0.05, 0.1) is 5.56 Å². The van der Waals surface area contributed by atoms with Crippen molar-refractivity contribution in [2.75, 3.05) is 13.6 Å². The molecule has 0 saturated heterocycles. The Morgan fingerprint density at radius 1 is 1.26 bits per heavy atom. The number of phenolic OH excluding ortho intramolecular Hbond substituents is 1. The second kappa shape index (κ2) is 8.41. The largest absolute Gasteiger partial charge is 0.511 e. The van der Waals surface area contributed by atoms with Gasteiger partial charge in [-0.25, -0.2) is 0 Å². The van der Waals surface area contributed by atoms with Crippen LogP contribution in [0.4, 0.5) is 0 Å². The van der Waals surface area contributed by atoms with Gasteiger partial charge in [-0.1, -0.05) is 18.5 Å². The van der Waals surface area contributed by atoms with Crippen molar-refractivity contribution in [3.8, 4) is 5.75 Å². The predicted molar refractivity (Wildman–Crippen MR) is 122 cm³/mol. The highest BCUT2D eigenvalue weighted by Gasteiger charge is 2.59. The highest BCUT2D eigenvalue weighted by molar-refractivity contribution is 6.33. The molecule has 1 unspecified atom stereocenters. The van der Waals surface area contributed by atoms with Crippen LogP contribution in [-0.4, -0.2) is 62.0 Å². The zero-order valence-electron chi connectivity index (χ0n) is 18.9. The molecule has 0 saturated carbocycles. The number of carbonyl (C=O) groups is 3. The number of phenols is 1. The smallest absolute Gasteiger partial charge is 0.255 e. The standard InChI is InChI=1S/C24H27ClN2O7/c1-3-4-27(2)9-11-7-14(28)17-13(19(11)25)6-10-5-12-8-15(29)18(23(26)33)22(32)24(12,34)21(31)16(10)20(17)30/h7,10,12,28-29,31,34H,3-6,8-9H2,1-2H3,(H2,26,33)/t10?,12-,24-/m0/s1. The van der Waals surface area contributed by atoms with E-state index in [2.05, 4.69) is 0 Å². The molecule has 0 radical (unpaired) electrons. The Balaban J connectivity index is 1.82. The van der Waals surface area contributed by atoms with Crippen LogP contribution in [0.1, 0.15) is 47.7 Å². The minimum atomic E-state index is -2.57. The van der Waals surface area contributed by atoms with Gasteiger partial charge in [0.15, 0.2) is 11.4 Å². The maximum atomic E-state index is 13.5. The lowest BCUT2D eigenvalue weighted by atomic mass is 9.60. The molecule has 6 N–H and O–H groups in total. The van der Waals surface area contributed by atoms with Crippen LogP contribution in [0.25, 0.3) is 0 Å². The van der Waals surface area contributed by atoms with Gasteiger partial charge in [0, 0.05) is 29.5 Å². The number of allylic oxidation sites excluding steroid dienone is 2. The lowest BCUT2D eigenvalue weighted by Crippen LogP contribution is -2.57. The van der Waals surface area contributed by atoms with Crippen LogP contribution >= 0.6 is 11.6 Å². The number of nitrogens with two attached hydrogens (primary N) is 1. The topological polar surface area (TPSA) is 161 Å². The summed E-state index contributed by atoms with van der Waals surface area (Å²) in [6, 6.07) is 1.42. The van der Waals surface area contributed by atoms with Crippen molar-refractivity contribution in [3.05, 3.63) is 50.4 Å². The van der Waals surface area contributed by atoms with Gasteiger partial charge in [-0.2, -0.15) is 0 Å². The molecule has 0 fully saturated rings. The maximum Gasteiger partial charge on any atom is 0.255 e. The average molecular weight is 491 g/mol. The van der Waals surface area contributed by atoms with E-state index >= 15 is 0 Å². The first kappa shape index (κ1) is 24.3. The summed E-state index contributed by atoms with van der Waals surface area (Å²) >= 11 is 6.67. The van der Waals surface area contributed by atoms with E-state index in [1.54, 1.807) is 0 Å². The van der Waals surface area contributed by atoms with Gasteiger partial charge < -0.3 is 31.1 Å². The minimum absolute atomic E-state index is 0.0694. The Labute approximate surface area is 201 Å². The predicted octanol–water partition coefficient (Wildman–Crippen LogP) is 2.08. The molecule has 0 bridgehead atoms. The number of aromatic hydroxyl groups is 1. The van der Waals surface area contributed by atoms with Crippen LogP contribution in [0.2, 0.25) is 5.02 Å². The number of aliphatic hydroxyl groups is 3. The molecular weight excluding hydrogens is 464 g/mol. The van der Waals surface area contributed by atoms with Crippen LogP contribution in [0.15, 0.2) is 28.7 Å². The second-order valence-corrected chi connectivity index (χ2v) is 9.75. The zero-order chi connectivity index (χ0) is 25.1. The third-order valence-corrected chi connectivity index (χ3v) is 7.59. The fraction of sp³-hybridized carbons (Fsp3) is 0.458. The number of carbonyl (C=O) groups excluding carboxylic acids is 3. The summed E-state index contributed by atoms with van der Waals surface area (Å²) in [4.78, 5) is 40.1. The second-order valence-electron chi connectivity index (χ2n) is 9.37. The summed E-state index contributed by atoms with van der Waals surface area (Å²) in [7, 11) is 1.92. The summed E-state index contributed by atoms with van der Waals surface area (Å²) in [6.45, 7) is 3.32. The Morgan fingerprint density at radius 2 is 1.94 bits per heavy atom. The number of rotatable bonds is 5. The van der Waals surface area contributed by atoms with E-state index in [9.17, 15) is 34.8 Å². The van der Waals surface area contributed by atoms with Crippen LogP contribution < -0.4 is 5.73 Å². The molecule has 3 atom stereocenters. The lowest BCUT2D eigenvalue weighted by molar-refractivity contribution is -0.144. The normalized spacial score (nSPS) is 26.5. The van der Waals surface area contributed by atoms with Crippen molar-refractivity contribution in [1.29, 1.82) is 0 Å². The Kier molecular flexibility index (Phi) is 6.00. The highest BCUT2D eigenvalue weighted by atomic mass is 35.5. The van der Waals surface area contributed by atoms with Crippen LogP contribution in [0, 0.1) is 11.8 Å². The molecule has 1 amide bonds. The van der Waals surface area contributed by atoms with Gasteiger partial charge in [0.25, 0.3) is 5.91 Å². The monoisotopic (exact) mass is 490 g/mol. The molecule has 0 heterocycles. The molecule has 3 aliphatic rings. The third kappa shape index (κ3) is 3.41. The Morgan fingerprint density at radius 3 is 2.56 bits per heavy atom. The number of hydrogen-bond acceptors (Lipinski definition) is 8. The molecular formula is C24H27ClN2O7. The quantitative estimate of drug-likeness (QED) is 0.392. The van der Waals surface area contributed by atoms with Crippen molar-refractivity contribution >= 4 is 29.1 Å². The van der Waals surface area contributed by atoms with Gasteiger partial charge in [0.1, 0.15) is 22.8 Å². The summed E-state index contributed by atoms with van der Waals surface area (Å²) < 4.78 is 0. The number of Topliss-reactive ketones (excluding diaryl/α,β-unsaturated/α-hetero) is 2. The number of benzene rings is 1. The third-order valence-electron chi connectivity index (χ3n) is 7.12. The molecule has 0 aromatic heterocycles. The Hall–Kier alpha value is -2.88. The van der Waals surface area contributed by atoms with Gasteiger partial charge in [-0.3, -0.25) is 14.4 Å². The van der Waals surface area contributed by atoms with E-state index in [0.717, 1.165) is 13.0 Å². The molecule has 34 heavy (non-hydrogen) atoms. The zero-order valence-corrected chi connectivity index (χ0v) is 19.6. The number of fused-ring (bicyclic) bond motifs is 3. The summed E-state index contributed by atoms with van der Waals surface area (Å²) in [5.74, 6) is -6.53. The van der Waals surface area contributed by atoms with Crippen molar-refractivity contribution < 1.29 is 34.8 Å². The average Bonchev–Trinajstić information content (AvgIpc) is 2.74. The molecule has 0 spiro atoms. The number of ketones is 2. The van der Waals surface area contributed by atoms with Crippen molar-refractivity contribution in [2.24, 2.45) is 17.6 Å². The number of halogens is 1. The molecule has 9 nitrogen and oxygen atoms in total. The Bertz CT molecular complexity index is 1190. The SMILES string of the molecule is CCCN(C)Cc1cc(O)c2c(c1Cl)CC1C[C@H]3CC(O)=C(C(N)=O)C(=O)[C@@]3(O)C(O)=C1C2=O. The number of nitrogens with zero attached hydrogens (tertiary/aromatic N) is 1. The summed E-state index contributed by atoms with van der Waals surface area (Å²) in [5.41, 5.74) is 2.65. The molecule has 0 aliphatic heterocycles. The van der Waals surface area contributed by atoms with Crippen LogP contribution in [0.5, 0.6) is 5.75 Å². The van der Waals surface area contributed by atoms with Crippen molar-refractivity contribution in [2.45, 2.75) is 44.8 Å². The van der Waals surface area contributed by atoms with Crippen molar-refractivity contribution in [3.63, 3.8) is 0 Å². The van der Waals surface area contributed by atoms with Crippen LogP contribution in [0.3, 0.4) is 0 Å². The molecule has 4 rings (SSSR count). The van der Waals surface area contributed by atoms with E-state index in [4.69, 9.17) is 17.3 Å². The number of hydrogen-bond donors (Lipinski definition) is 5. The maximum absolute atomic E-state index is 13.5. The molecule has 182 valence electrons. The number of aliphatic hydroxyl groups excluding tert-OH is 2. The van der Waals surface area contributed by atoms with E-state index in [0.29, 0.717) is 22.7 Å². The van der Waals surface area contributed by atoms with E-state index in [-0.39, 0.29) is 36.1 Å². The van der Waals surface area contributed by atoms with Crippen molar-refractivity contribution in [1.82, 2.24) is 4.90 Å². The van der Waals surface area contributed by atoms with E-state index in [1.807, 2.05) is 18.9 Å². The molecule has 1 aromatic rings. The minimum Gasteiger partial charge on any atom is -0.511 e. The summed E-state index contributed by atoms with van der Waals surface area (Å²) in [6.07, 6.45) is 0.920. The fourth-order valence-electron chi connectivity index (χ4n) is 5.59. The first-order valence-corrected chi connectivity index (χ1v) is 11.5. The number of primary amides is 1.